The molecule has 20 heavy (non-hydrogen) atoms. The van der Waals surface area contributed by atoms with Crippen molar-refractivity contribution in [3.05, 3.63) is 12.3 Å². The third-order valence-electron chi connectivity index (χ3n) is 3.63. The Morgan fingerprint density at radius 2 is 2.35 bits per heavy atom. The summed E-state index contributed by atoms with van der Waals surface area (Å²) in [6, 6.07) is 1.74. The van der Waals surface area contributed by atoms with Crippen LogP contribution in [0.5, 0.6) is 5.88 Å². The third kappa shape index (κ3) is 4.34. The van der Waals surface area contributed by atoms with Gasteiger partial charge in [0, 0.05) is 18.8 Å². The SMILES string of the molecule is CC1CCCC(O)(CNc2nccc(OC(C)C)n2)C1. The van der Waals surface area contributed by atoms with Crippen molar-refractivity contribution in [2.45, 2.75) is 58.2 Å². The molecule has 1 aliphatic rings. The fourth-order valence-corrected chi connectivity index (χ4v) is 2.77. The Kier molecular flexibility index (Phi) is 4.81. The van der Waals surface area contributed by atoms with E-state index in [1.165, 1.54) is 6.42 Å². The van der Waals surface area contributed by atoms with Crippen LogP contribution in [-0.2, 0) is 0 Å². The molecule has 0 aliphatic heterocycles. The highest BCUT2D eigenvalue weighted by atomic mass is 16.5. The topological polar surface area (TPSA) is 67.3 Å². The van der Waals surface area contributed by atoms with E-state index in [1.54, 1.807) is 12.3 Å². The number of rotatable bonds is 5. The molecule has 1 aromatic rings. The highest BCUT2D eigenvalue weighted by Gasteiger charge is 2.32. The molecule has 1 aromatic heterocycles. The Balaban J connectivity index is 1.93. The zero-order valence-corrected chi connectivity index (χ0v) is 12.6. The average Bonchev–Trinajstić information content (AvgIpc) is 2.36. The van der Waals surface area contributed by atoms with E-state index in [-0.39, 0.29) is 6.10 Å². The number of aliphatic hydroxyl groups is 1. The molecule has 0 saturated heterocycles. The van der Waals surface area contributed by atoms with E-state index in [4.69, 9.17) is 4.74 Å². The molecular weight excluding hydrogens is 254 g/mol. The zero-order chi connectivity index (χ0) is 14.6. The van der Waals surface area contributed by atoms with Crippen LogP contribution in [0.15, 0.2) is 12.3 Å². The maximum absolute atomic E-state index is 10.6. The summed E-state index contributed by atoms with van der Waals surface area (Å²) in [4.78, 5) is 8.46. The van der Waals surface area contributed by atoms with E-state index in [1.807, 2.05) is 13.8 Å². The normalized spacial score (nSPS) is 26.6. The average molecular weight is 279 g/mol. The van der Waals surface area contributed by atoms with Gasteiger partial charge in [-0.05, 0) is 32.6 Å². The van der Waals surface area contributed by atoms with E-state index in [0.717, 1.165) is 19.3 Å². The van der Waals surface area contributed by atoms with Gasteiger partial charge in [0.2, 0.25) is 11.8 Å². The van der Waals surface area contributed by atoms with Crippen molar-refractivity contribution in [1.29, 1.82) is 0 Å². The number of ether oxygens (including phenoxy) is 1. The number of nitrogens with one attached hydrogen (secondary N) is 1. The predicted molar refractivity (Wildman–Crippen MR) is 78.9 cm³/mol. The molecule has 0 bridgehead atoms. The predicted octanol–water partition coefficient (Wildman–Crippen LogP) is 2.62. The van der Waals surface area contributed by atoms with Crippen LogP contribution < -0.4 is 10.1 Å². The molecule has 0 spiro atoms. The first-order valence-corrected chi connectivity index (χ1v) is 7.43. The van der Waals surface area contributed by atoms with Gasteiger partial charge in [0.25, 0.3) is 0 Å². The molecule has 2 N–H and O–H groups in total. The largest absolute Gasteiger partial charge is 0.475 e. The maximum atomic E-state index is 10.6. The van der Waals surface area contributed by atoms with Crippen molar-refractivity contribution in [2.75, 3.05) is 11.9 Å². The van der Waals surface area contributed by atoms with Crippen LogP contribution in [0.3, 0.4) is 0 Å². The van der Waals surface area contributed by atoms with Gasteiger partial charge in [-0.2, -0.15) is 4.98 Å². The minimum absolute atomic E-state index is 0.0844. The molecule has 0 amide bonds. The van der Waals surface area contributed by atoms with Crippen LogP contribution in [0.1, 0.15) is 46.5 Å². The lowest BCUT2D eigenvalue weighted by Gasteiger charge is -2.35. The van der Waals surface area contributed by atoms with Crippen molar-refractivity contribution >= 4 is 5.95 Å². The van der Waals surface area contributed by atoms with Gasteiger partial charge in [-0.3, -0.25) is 0 Å². The lowest BCUT2D eigenvalue weighted by Crippen LogP contribution is -2.41. The lowest BCUT2D eigenvalue weighted by molar-refractivity contribution is -0.000914. The molecule has 0 aromatic carbocycles. The number of anilines is 1. The second-order valence-electron chi connectivity index (χ2n) is 6.16. The summed E-state index contributed by atoms with van der Waals surface area (Å²) in [6.07, 6.45) is 5.71. The Bertz CT molecular complexity index is 439. The molecule has 2 unspecified atom stereocenters. The van der Waals surface area contributed by atoms with Crippen molar-refractivity contribution in [3.8, 4) is 5.88 Å². The minimum Gasteiger partial charge on any atom is -0.475 e. The van der Waals surface area contributed by atoms with E-state index in [0.29, 0.717) is 24.3 Å². The van der Waals surface area contributed by atoms with Gasteiger partial charge in [0.05, 0.1) is 11.7 Å². The highest BCUT2D eigenvalue weighted by molar-refractivity contribution is 5.28. The number of nitrogens with zero attached hydrogens (tertiary/aromatic N) is 2. The van der Waals surface area contributed by atoms with Gasteiger partial charge in [-0.15, -0.1) is 0 Å². The molecular formula is C15H25N3O2. The quantitative estimate of drug-likeness (QED) is 0.867. The van der Waals surface area contributed by atoms with E-state index in [9.17, 15) is 5.11 Å². The van der Waals surface area contributed by atoms with E-state index < -0.39 is 5.60 Å². The lowest BCUT2D eigenvalue weighted by atomic mass is 9.79. The van der Waals surface area contributed by atoms with E-state index >= 15 is 0 Å². The molecule has 1 fully saturated rings. The summed E-state index contributed by atoms with van der Waals surface area (Å²) < 4.78 is 5.54. The number of hydrogen-bond acceptors (Lipinski definition) is 5. The summed E-state index contributed by atoms with van der Waals surface area (Å²) in [7, 11) is 0. The molecule has 5 heteroatoms. The standard InChI is InChI=1S/C15H25N3O2/c1-11(2)20-13-6-8-16-14(18-13)17-10-15(19)7-4-5-12(3)9-15/h6,8,11-12,19H,4-5,7,9-10H2,1-3H3,(H,16,17,18). The second-order valence-corrected chi connectivity index (χ2v) is 6.16. The summed E-state index contributed by atoms with van der Waals surface area (Å²) >= 11 is 0. The monoisotopic (exact) mass is 279 g/mol. The van der Waals surface area contributed by atoms with Gasteiger partial charge < -0.3 is 15.2 Å². The summed E-state index contributed by atoms with van der Waals surface area (Å²) in [5.41, 5.74) is -0.643. The van der Waals surface area contributed by atoms with E-state index in [2.05, 4.69) is 22.2 Å². The first kappa shape index (κ1) is 15.0. The number of aromatic nitrogens is 2. The molecule has 1 aliphatic carbocycles. The Labute approximate surface area is 120 Å². The van der Waals surface area contributed by atoms with Gasteiger partial charge >= 0.3 is 0 Å². The molecule has 5 nitrogen and oxygen atoms in total. The summed E-state index contributed by atoms with van der Waals surface area (Å²) in [5, 5.41) is 13.7. The molecule has 0 radical (unpaired) electrons. The van der Waals surface area contributed by atoms with Crippen molar-refractivity contribution in [2.24, 2.45) is 5.92 Å². The van der Waals surface area contributed by atoms with Gasteiger partial charge in [0.15, 0.2) is 0 Å². The van der Waals surface area contributed by atoms with Crippen LogP contribution in [0.4, 0.5) is 5.95 Å². The smallest absolute Gasteiger partial charge is 0.226 e. The van der Waals surface area contributed by atoms with Crippen LogP contribution >= 0.6 is 0 Å². The van der Waals surface area contributed by atoms with Crippen LogP contribution in [0.25, 0.3) is 0 Å². The van der Waals surface area contributed by atoms with Crippen molar-refractivity contribution < 1.29 is 9.84 Å². The molecule has 112 valence electrons. The maximum Gasteiger partial charge on any atom is 0.226 e. The van der Waals surface area contributed by atoms with Crippen LogP contribution in [0.2, 0.25) is 0 Å². The van der Waals surface area contributed by atoms with Crippen LogP contribution in [-0.4, -0.2) is 33.3 Å². The second kappa shape index (κ2) is 6.39. The first-order valence-electron chi connectivity index (χ1n) is 7.43. The third-order valence-corrected chi connectivity index (χ3v) is 3.63. The van der Waals surface area contributed by atoms with Crippen LogP contribution in [0, 0.1) is 5.92 Å². The Morgan fingerprint density at radius 3 is 3.05 bits per heavy atom. The molecule has 1 heterocycles. The summed E-state index contributed by atoms with van der Waals surface area (Å²) in [6.45, 7) is 6.60. The Hall–Kier alpha value is -1.36. The molecule has 2 rings (SSSR count). The van der Waals surface area contributed by atoms with Crippen molar-refractivity contribution in [3.63, 3.8) is 0 Å². The van der Waals surface area contributed by atoms with Gasteiger partial charge in [-0.1, -0.05) is 19.8 Å². The minimum atomic E-state index is -0.643. The first-order chi connectivity index (χ1) is 9.47. The highest BCUT2D eigenvalue weighted by Crippen LogP contribution is 2.32. The van der Waals surface area contributed by atoms with Gasteiger partial charge in [-0.25, -0.2) is 4.98 Å². The molecule has 2 atom stereocenters. The fraction of sp³-hybridized carbons (Fsp3) is 0.733. The fourth-order valence-electron chi connectivity index (χ4n) is 2.77. The van der Waals surface area contributed by atoms with Gasteiger partial charge in [0.1, 0.15) is 0 Å². The zero-order valence-electron chi connectivity index (χ0n) is 12.6. The molecule has 1 saturated carbocycles. The van der Waals surface area contributed by atoms with Crippen molar-refractivity contribution in [1.82, 2.24) is 9.97 Å². The summed E-state index contributed by atoms with van der Waals surface area (Å²) in [5.74, 6) is 1.64. The Morgan fingerprint density at radius 1 is 1.55 bits per heavy atom. The number of hydrogen-bond donors (Lipinski definition) is 2.